The van der Waals surface area contributed by atoms with Crippen LogP contribution in [0.5, 0.6) is 0 Å². The maximum absolute atomic E-state index is 12.7. The van der Waals surface area contributed by atoms with Crippen LogP contribution in [0.2, 0.25) is 0 Å². The molecule has 90 valence electrons. The molecule has 0 heterocycles. The molecule has 0 unspecified atom stereocenters. The van der Waals surface area contributed by atoms with Crippen LogP contribution in [0.25, 0.3) is 0 Å². The maximum Gasteiger partial charge on any atom is 0.339 e. The van der Waals surface area contributed by atoms with Gasteiger partial charge in [-0.25, -0.2) is 13.6 Å². The van der Waals surface area contributed by atoms with Gasteiger partial charge in [0, 0.05) is 11.4 Å². The van der Waals surface area contributed by atoms with Gasteiger partial charge in [0.05, 0.1) is 18.2 Å². The minimum absolute atomic E-state index is 0.0351. The number of halogens is 3. The molecule has 17 heavy (non-hydrogen) atoms. The van der Waals surface area contributed by atoms with Gasteiger partial charge >= 0.3 is 5.97 Å². The van der Waals surface area contributed by atoms with Gasteiger partial charge in [0.2, 0.25) is 0 Å². The molecule has 0 aliphatic carbocycles. The molecular formula is C11H8ClF2NO2. The zero-order valence-electron chi connectivity index (χ0n) is 8.84. The number of rotatable bonds is 3. The molecule has 0 saturated heterocycles. The van der Waals surface area contributed by atoms with E-state index in [1.165, 1.54) is 0 Å². The highest BCUT2D eigenvalue weighted by molar-refractivity contribution is 6.17. The van der Waals surface area contributed by atoms with Crippen LogP contribution < -0.4 is 0 Å². The third-order valence-electron chi connectivity index (χ3n) is 2.23. The van der Waals surface area contributed by atoms with Crippen molar-refractivity contribution in [1.82, 2.24) is 0 Å². The van der Waals surface area contributed by atoms with Crippen molar-refractivity contribution in [2.45, 2.75) is 12.3 Å². The quantitative estimate of drug-likeness (QED) is 0.619. The van der Waals surface area contributed by atoms with Gasteiger partial charge in [-0.2, -0.15) is 5.26 Å². The van der Waals surface area contributed by atoms with Crippen LogP contribution in [0.1, 0.15) is 33.5 Å². The topological polar surface area (TPSA) is 50.1 Å². The smallest absolute Gasteiger partial charge is 0.339 e. The predicted molar refractivity (Wildman–Crippen MR) is 57.0 cm³/mol. The SMILES string of the molecule is COC(=O)c1ccc(C(F)F)c(CCl)c1C#N. The standard InChI is InChI=1S/C11H8ClF2NO2/c1-17-11(16)7-3-2-6(10(13)14)8(4-12)9(7)5-15/h2-3,10H,4H2,1H3. The average Bonchev–Trinajstić information content (AvgIpc) is 2.35. The van der Waals surface area contributed by atoms with Crippen LogP contribution in [0.4, 0.5) is 8.78 Å². The molecule has 0 spiro atoms. The molecule has 0 amide bonds. The first-order valence-corrected chi connectivity index (χ1v) is 5.08. The number of benzene rings is 1. The van der Waals surface area contributed by atoms with Gasteiger partial charge in [-0.05, 0) is 11.6 Å². The van der Waals surface area contributed by atoms with E-state index in [9.17, 15) is 13.6 Å². The highest BCUT2D eigenvalue weighted by atomic mass is 35.5. The monoisotopic (exact) mass is 259 g/mol. The highest BCUT2D eigenvalue weighted by Crippen LogP contribution is 2.29. The summed E-state index contributed by atoms with van der Waals surface area (Å²) in [6.07, 6.45) is -2.75. The number of ether oxygens (including phenoxy) is 1. The molecule has 3 nitrogen and oxygen atoms in total. The Kier molecular flexibility index (Phi) is 4.41. The number of methoxy groups -OCH3 is 1. The molecule has 0 N–H and O–H groups in total. The highest BCUT2D eigenvalue weighted by Gasteiger charge is 2.21. The molecule has 0 aromatic heterocycles. The molecule has 0 saturated carbocycles. The van der Waals surface area contributed by atoms with E-state index in [2.05, 4.69) is 4.74 Å². The summed E-state index contributed by atoms with van der Waals surface area (Å²) < 4.78 is 29.8. The van der Waals surface area contributed by atoms with Gasteiger partial charge in [0.25, 0.3) is 6.43 Å². The number of carbonyl (C=O) groups is 1. The third kappa shape index (κ3) is 2.53. The second-order valence-electron chi connectivity index (χ2n) is 3.09. The molecule has 1 aromatic rings. The molecule has 1 aromatic carbocycles. The molecule has 0 radical (unpaired) electrons. The minimum atomic E-state index is -2.75. The summed E-state index contributed by atoms with van der Waals surface area (Å²) in [5.74, 6) is -1.03. The normalized spacial score (nSPS) is 10.1. The van der Waals surface area contributed by atoms with Crippen LogP contribution in [0.15, 0.2) is 12.1 Å². The van der Waals surface area contributed by atoms with Crippen molar-refractivity contribution >= 4 is 17.6 Å². The Hall–Kier alpha value is -1.67. The van der Waals surface area contributed by atoms with Crippen molar-refractivity contribution < 1.29 is 18.3 Å². The zero-order valence-corrected chi connectivity index (χ0v) is 9.59. The lowest BCUT2D eigenvalue weighted by Gasteiger charge is -2.11. The van der Waals surface area contributed by atoms with Crippen LogP contribution in [-0.4, -0.2) is 13.1 Å². The van der Waals surface area contributed by atoms with Crippen molar-refractivity contribution in [2.75, 3.05) is 7.11 Å². The number of hydrogen-bond donors (Lipinski definition) is 0. The first kappa shape index (κ1) is 13.4. The van der Waals surface area contributed by atoms with Crippen molar-refractivity contribution in [2.24, 2.45) is 0 Å². The number of nitriles is 1. The Morgan fingerprint density at radius 3 is 2.65 bits per heavy atom. The van der Waals surface area contributed by atoms with Gasteiger partial charge < -0.3 is 4.74 Å². The van der Waals surface area contributed by atoms with E-state index in [0.29, 0.717) is 0 Å². The van der Waals surface area contributed by atoms with Crippen LogP contribution >= 0.6 is 11.6 Å². The second-order valence-corrected chi connectivity index (χ2v) is 3.36. The largest absolute Gasteiger partial charge is 0.465 e. The maximum atomic E-state index is 12.7. The molecule has 0 aliphatic rings. The molecule has 6 heteroatoms. The van der Waals surface area contributed by atoms with E-state index in [1.54, 1.807) is 6.07 Å². The Labute approximate surface area is 102 Å². The summed E-state index contributed by atoms with van der Waals surface area (Å²) >= 11 is 5.54. The van der Waals surface area contributed by atoms with E-state index in [1.807, 2.05) is 0 Å². The van der Waals surface area contributed by atoms with Gasteiger partial charge in [0.15, 0.2) is 0 Å². The molecular weight excluding hydrogens is 252 g/mol. The van der Waals surface area contributed by atoms with E-state index in [-0.39, 0.29) is 28.1 Å². The minimum Gasteiger partial charge on any atom is -0.465 e. The third-order valence-corrected chi connectivity index (χ3v) is 2.50. The van der Waals surface area contributed by atoms with Crippen LogP contribution in [0, 0.1) is 11.3 Å². The van der Waals surface area contributed by atoms with Crippen LogP contribution in [0.3, 0.4) is 0 Å². The summed E-state index contributed by atoms with van der Waals surface area (Å²) in [6.45, 7) is 0. The van der Waals surface area contributed by atoms with E-state index in [0.717, 1.165) is 19.2 Å². The molecule has 0 fully saturated rings. The fourth-order valence-electron chi connectivity index (χ4n) is 1.42. The van der Waals surface area contributed by atoms with E-state index < -0.39 is 12.4 Å². The number of hydrogen-bond acceptors (Lipinski definition) is 3. The first-order valence-electron chi connectivity index (χ1n) is 4.55. The number of nitrogens with zero attached hydrogens (tertiary/aromatic N) is 1. The lowest BCUT2D eigenvalue weighted by Crippen LogP contribution is -2.08. The number of alkyl halides is 3. The summed E-state index contributed by atoms with van der Waals surface area (Å²) in [6, 6.07) is 3.93. The number of esters is 1. The lowest BCUT2D eigenvalue weighted by molar-refractivity contribution is 0.0600. The Morgan fingerprint density at radius 1 is 1.59 bits per heavy atom. The molecule has 0 aliphatic heterocycles. The van der Waals surface area contributed by atoms with Gasteiger partial charge in [-0.3, -0.25) is 0 Å². The number of carbonyl (C=O) groups excluding carboxylic acids is 1. The first-order chi connectivity index (χ1) is 8.06. The van der Waals surface area contributed by atoms with Crippen molar-refractivity contribution in [3.05, 3.63) is 34.4 Å². The lowest BCUT2D eigenvalue weighted by atomic mass is 9.98. The van der Waals surface area contributed by atoms with Crippen molar-refractivity contribution in [3.63, 3.8) is 0 Å². The molecule has 0 atom stereocenters. The fraction of sp³-hybridized carbons (Fsp3) is 0.273. The zero-order chi connectivity index (χ0) is 13.0. The fourth-order valence-corrected chi connectivity index (χ4v) is 1.71. The van der Waals surface area contributed by atoms with Crippen LogP contribution in [-0.2, 0) is 10.6 Å². The van der Waals surface area contributed by atoms with Crippen molar-refractivity contribution in [3.8, 4) is 6.07 Å². The van der Waals surface area contributed by atoms with E-state index >= 15 is 0 Å². The Morgan fingerprint density at radius 2 is 2.24 bits per heavy atom. The Balaban J connectivity index is 3.50. The predicted octanol–water partition coefficient (Wildman–Crippen LogP) is 3.02. The van der Waals surface area contributed by atoms with Crippen molar-refractivity contribution in [1.29, 1.82) is 5.26 Å². The van der Waals surface area contributed by atoms with E-state index in [4.69, 9.17) is 16.9 Å². The average molecular weight is 260 g/mol. The second kappa shape index (κ2) is 5.60. The van der Waals surface area contributed by atoms with Gasteiger partial charge in [-0.15, -0.1) is 11.6 Å². The van der Waals surface area contributed by atoms with Gasteiger partial charge in [-0.1, -0.05) is 6.07 Å². The molecule has 1 rings (SSSR count). The Bertz CT molecular complexity index is 483. The summed E-state index contributed by atoms with van der Waals surface area (Å²) in [4.78, 5) is 11.3. The summed E-state index contributed by atoms with van der Waals surface area (Å²) in [7, 11) is 1.14. The summed E-state index contributed by atoms with van der Waals surface area (Å²) in [5.41, 5.74) is -0.601. The summed E-state index contributed by atoms with van der Waals surface area (Å²) in [5, 5.41) is 8.92. The molecule has 0 bridgehead atoms. The van der Waals surface area contributed by atoms with Gasteiger partial charge in [0.1, 0.15) is 6.07 Å².